The van der Waals surface area contributed by atoms with Gasteiger partial charge in [-0.1, -0.05) is 0 Å². The molecule has 27 heavy (non-hydrogen) atoms. The number of aliphatic hydroxyl groups is 2. The highest BCUT2D eigenvalue weighted by atomic mass is 16.6. The lowest BCUT2D eigenvalue weighted by Gasteiger charge is -2.29. The van der Waals surface area contributed by atoms with Crippen molar-refractivity contribution in [1.29, 1.82) is 0 Å². The zero-order valence-corrected chi connectivity index (χ0v) is 15.9. The molecule has 5 atom stereocenters. The first-order chi connectivity index (χ1) is 12.6. The average molecular weight is 384 g/mol. The topological polar surface area (TPSA) is 118 Å². The van der Waals surface area contributed by atoms with Crippen LogP contribution in [0, 0.1) is 0 Å². The van der Waals surface area contributed by atoms with Crippen molar-refractivity contribution in [3.8, 4) is 0 Å². The van der Waals surface area contributed by atoms with E-state index in [9.17, 15) is 19.8 Å². The number of urea groups is 1. The maximum Gasteiger partial charge on any atom is 0.323 e. The lowest BCUT2D eigenvalue weighted by Crippen LogP contribution is -2.46. The summed E-state index contributed by atoms with van der Waals surface area (Å²) in [6.45, 7) is 5.87. The number of amides is 2. The van der Waals surface area contributed by atoms with Gasteiger partial charge in [0.2, 0.25) is 0 Å². The van der Waals surface area contributed by atoms with Crippen LogP contribution in [0.2, 0.25) is 0 Å². The van der Waals surface area contributed by atoms with Crippen molar-refractivity contribution in [3.63, 3.8) is 0 Å². The van der Waals surface area contributed by atoms with Crippen LogP contribution in [0.4, 0.5) is 4.79 Å². The molecule has 3 N–H and O–H groups in total. The van der Waals surface area contributed by atoms with Gasteiger partial charge in [0.25, 0.3) is 0 Å². The van der Waals surface area contributed by atoms with Crippen LogP contribution in [0.5, 0.6) is 0 Å². The maximum atomic E-state index is 12.2. The predicted octanol–water partition coefficient (Wildman–Crippen LogP) is 0.255. The van der Waals surface area contributed by atoms with Gasteiger partial charge in [-0.05, 0) is 26.3 Å². The molecule has 2 saturated heterocycles. The van der Waals surface area contributed by atoms with Crippen molar-refractivity contribution < 1.29 is 34.0 Å². The Balaban J connectivity index is 1.49. The summed E-state index contributed by atoms with van der Waals surface area (Å²) in [6.07, 6.45) is 0.136. The first-order valence-electron chi connectivity index (χ1n) is 9.16. The summed E-state index contributed by atoms with van der Waals surface area (Å²) in [5.74, 6) is -0.485. The van der Waals surface area contributed by atoms with Crippen LogP contribution in [-0.2, 0) is 19.0 Å². The molecule has 3 heterocycles. The molecule has 3 rings (SSSR count). The second-order valence-corrected chi connectivity index (χ2v) is 8.25. The highest BCUT2D eigenvalue weighted by Crippen LogP contribution is 2.35. The molecule has 0 spiro atoms. The van der Waals surface area contributed by atoms with E-state index in [1.807, 2.05) is 6.92 Å². The Bertz CT molecular complexity index is 635. The number of carbonyl (C=O) groups excluding carboxylic acids is 2. The Morgan fingerprint density at radius 1 is 1.48 bits per heavy atom. The molecule has 0 aromatic heterocycles. The number of rotatable bonds is 5. The number of nitrogens with one attached hydrogen (secondary N) is 1. The largest absolute Gasteiger partial charge is 0.463 e. The van der Waals surface area contributed by atoms with E-state index in [4.69, 9.17) is 14.2 Å². The normalized spacial score (nSPS) is 39.3. The highest BCUT2D eigenvalue weighted by molar-refractivity contribution is 5.77. The third kappa shape index (κ3) is 4.78. The van der Waals surface area contributed by atoms with Crippen molar-refractivity contribution in [2.75, 3.05) is 19.8 Å². The predicted molar refractivity (Wildman–Crippen MR) is 93.5 cm³/mol. The summed E-state index contributed by atoms with van der Waals surface area (Å²) in [4.78, 5) is 25.5. The fourth-order valence-electron chi connectivity index (χ4n) is 3.78. The van der Waals surface area contributed by atoms with Crippen LogP contribution < -0.4 is 5.32 Å². The van der Waals surface area contributed by atoms with E-state index in [0.29, 0.717) is 13.0 Å². The molecule has 0 aliphatic carbocycles. The molecule has 0 bridgehead atoms. The summed E-state index contributed by atoms with van der Waals surface area (Å²) in [6, 6.07) is -0.284. The van der Waals surface area contributed by atoms with E-state index in [0.717, 1.165) is 5.57 Å². The zero-order chi connectivity index (χ0) is 19.8. The number of hydrogen-bond donors (Lipinski definition) is 3. The van der Waals surface area contributed by atoms with Crippen LogP contribution in [0.1, 0.15) is 40.0 Å². The van der Waals surface area contributed by atoms with Gasteiger partial charge in [-0.3, -0.25) is 9.69 Å². The molecule has 0 aromatic carbocycles. The summed E-state index contributed by atoms with van der Waals surface area (Å²) < 4.78 is 16.5. The smallest absolute Gasteiger partial charge is 0.323 e. The molecule has 9 heteroatoms. The molecule has 152 valence electrons. The molecule has 9 nitrogen and oxygen atoms in total. The molecule has 2 fully saturated rings. The van der Waals surface area contributed by atoms with Crippen LogP contribution >= 0.6 is 0 Å². The van der Waals surface area contributed by atoms with E-state index < -0.39 is 35.6 Å². The number of hydrogen-bond acceptors (Lipinski definition) is 7. The van der Waals surface area contributed by atoms with Crippen molar-refractivity contribution in [3.05, 3.63) is 11.8 Å². The van der Waals surface area contributed by atoms with Gasteiger partial charge >= 0.3 is 12.0 Å². The van der Waals surface area contributed by atoms with E-state index >= 15 is 0 Å². The quantitative estimate of drug-likeness (QED) is 0.582. The lowest BCUT2D eigenvalue weighted by atomic mass is 9.91. The van der Waals surface area contributed by atoms with E-state index in [-0.39, 0.29) is 32.1 Å². The van der Waals surface area contributed by atoms with Gasteiger partial charge in [0.1, 0.15) is 18.9 Å². The number of ether oxygens (including phenoxy) is 3. The van der Waals surface area contributed by atoms with Crippen LogP contribution in [-0.4, -0.2) is 76.5 Å². The summed E-state index contributed by atoms with van der Waals surface area (Å²) >= 11 is 0. The number of esters is 1. The molecule has 0 radical (unpaired) electrons. The molecular weight excluding hydrogens is 356 g/mol. The minimum absolute atomic E-state index is 0.00581. The molecule has 2 amide bonds. The second-order valence-electron chi connectivity index (χ2n) is 8.25. The van der Waals surface area contributed by atoms with Gasteiger partial charge < -0.3 is 29.7 Å². The number of nitrogens with zero attached hydrogens (tertiary/aromatic N) is 1. The minimum Gasteiger partial charge on any atom is -0.463 e. The van der Waals surface area contributed by atoms with Crippen LogP contribution in [0.15, 0.2) is 11.8 Å². The summed E-state index contributed by atoms with van der Waals surface area (Å²) in [5, 5.41) is 22.9. The molecule has 5 unspecified atom stereocenters. The van der Waals surface area contributed by atoms with Crippen molar-refractivity contribution in [1.82, 2.24) is 10.2 Å². The Hall–Kier alpha value is -1.68. The van der Waals surface area contributed by atoms with Crippen LogP contribution in [0.3, 0.4) is 0 Å². The standard InChI is InChI=1S/C18H28N2O7/c1-11-6-19-16(23)20(7-11)14-4-12(21)13(27-14)8-25-15(22)5-18(3)9-17(2,24)10-26-18/h7,12-14,21,24H,4-6,8-10H2,1-3H3,(H,19,23). The van der Waals surface area contributed by atoms with Gasteiger partial charge in [-0.25, -0.2) is 4.79 Å². The lowest BCUT2D eigenvalue weighted by molar-refractivity contribution is -0.155. The Morgan fingerprint density at radius 3 is 2.89 bits per heavy atom. The number of aliphatic hydroxyl groups excluding tert-OH is 1. The van der Waals surface area contributed by atoms with Gasteiger partial charge in [-0.2, -0.15) is 0 Å². The van der Waals surface area contributed by atoms with Crippen LogP contribution in [0.25, 0.3) is 0 Å². The Morgan fingerprint density at radius 2 is 2.22 bits per heavy atom. The van der Waals surface area contributed by atoms with Crippen molar-refractivity contribution in [2.24, 2.45) is 0 Å². The van der Waals surface area contributed by atoms with E-state index in [2.05, 4.69) is 5.32 Å². The van der Waals surface area contributed by atoms with Gasteiger partial charge in [0, 0.05) is 25.6 Å². The highest BCUT2D eigenvalue weighted by Gasteiger charge is 2.45. The molecule has 0 saturated carbocycles. The average Bonchev–Trinajstić information content (AvgIpc) is 3.06. The molecule has 3 aliphatic rings. The van der Waals surface area contributed by atoms with Crippen molar-refractivity contribution in [2.45, 2.75) is 69.7 Å². The third-order valence-electron chi connectivity index (χ3n) is 5.04. The monoisotopic (exact) mass is 384 g/mol. The van der Waals surface area contributed by atoms with E-state index in [1.54, 1.807) is 20.0 Å². The number of carbonyl (C=O) groups is 2. The second kappa shape index (κ2) is 7.38. The van der Waals surface area contributed by atoms with Gasteiger partial charge in [-0.15, -0.1) is 0 Å². The maximum absolute atomic E-state index is 12.2. The first kappa shape index (κ1) is 20.1. The van der Waals surface area contributed by atoms with Gasteiger partial charge in [0.05, 0.1) is 30.3 Å². The fraction of sp³-hybridized carbons (Fsp3) is 0.778. The summed E-state index contributed by atoms with van der Waals surface area (Å²) in [7, 11) is 0. The molecular formula is C18H28N2O7. The van der Waals surface area contributed by atoms with E-state index in [1.165, 1.54) is 4.90 Å². The third-order valence-corrected chi connectivity index (χ3v) is 5.04. The molecule has 3 aliphatic heterocycles. The SMILES string of the molecule is CC1=CN(C2CC(O)C(COC(=O)CC3(C)CC(C)(O)CO3)O2)C(=O)NC1. The van der Waals surface area contributed by atoms with Crippen molar-refractivity contribution >= 4 is 12.0 Å². The Kier molecular flexibility index (Phi) is 5.49. The van der Waals surface area contributed by atoms with Gasteiger partial charge in [0.15, 0.2) is 0 Å². The minimum atomic E-state index is -0.951. The zero-order valence-electron chi connectivity index (χ0n) is 15.9. The fourth-order valence-corrected chi connectivity index (χ4v) is 3.78. The molecule has 0 aromatic rings. The summed E-state index contributed by atoms with van der Waals surface area (Å²) in [5.41, 5.74) is -0.747. The Labute approximate surface area is 158 Å². The first-order valence-corrected chi connectivity index (χ1v) is 9.16.